The Morgan fingerprint density at radius 2 is 2.57 bits per heavy atom. The lowest BCUT2D eigenvalue weighted by atomic mass is 10.2. The highest BCUT2D eigenvalue weighted by atomic mass is 35.5. The molecule has 0 bridgehead atoms. The normalized spacial score (nSPS) is 21.1. The molecule has 0 aliphatic carbocycles. The molecule has 1 aliphatic heterocycles. The third-order valence-corrected chi connectivity index (χ3v) is 2.55. The molecule has 0 spiro atoms. The highest BCUT2D eigenvalue weighted by Gasteiger charge is 2.19. The summed E-state index contributed by atoms with van der Waals surface area (Å²) in [6, 6.07) is 1.77. The molecule has 4 nitrogen and oxygen atoms in total. The molecule has 2 N–H and O–H groups in total. The van der Waals surface area contributed by atoms with Gasteiger partial charge in [0.1, 0.15) is 0 Å². The Bertz CT molecular complexity index is 331. The van der Waals surface area contributed by atoms with Crippen LogP contribution in [0.4, 0.5) is 0 Å². The van der Waals surface area contributed by atoms with E-state index >= 15 is 0 Å². The van der Waals surface area contributed by atoms with Gasteiger partial charge in [-0.1, -0.05) is 0 Å². The first-order chi connectivity index (χ1) is 6.77. The van der Waals surface area contributed by atoms with Crippen LogP contribution < -0.4 is 10.6 Å². The Kier molecular flexibility index (Phi) is 2.74. The minimum Gasteiger partial charge on any atom is -0.452 e. The average Bonchev–Trinajstić information content (AvgIpc) is 2.75. The van der Waals surface area contributed by atoms with Crippen molar-refractivity contribution in [3.8, 4) is 0 Å². The monoisotopic (exact) mass is 214 g/mol. The zero-order chi connectivity index (χ0) is 9.97. The minimum atomic E-state index is -0.169. The van der Waals surface area contributed by atoms with Crippen LogP contribution in [-0.2, 0) is 0 Å². The van der Waals surface area contributed by atoms with Gasteiger partial charge < -0.3 is 15.1 Å². The molecule has 1 aromatic rings. The second-order valence-electron chi connectivity index (χ2n) is 3.27. The first kappa shape index (κ1) is 9.55. The molecule has 2 heterocycles. The van der Waals surface area contributed by atoms with Crippen molar-refractivity contribution in [2.45, 2.75) is 12.5 Å². The number of furan rings is 1. The topological polar surface area (TPSA) is 54.3 Å². The molecule has 14 heavy (non-hydrogen) atoms. The van der Waals surface area contributed by atoms with Crippen molar-refractivity contribution in [2.24, 2.45) is 0 Å². The van der Waals surface area contributed by atoms with Gasteiger partial charge in [0.05, 0.1) is 11.8 Å². The van der Waals surface area contributed by atoms with Crippen molar-refractivity contribution in [3.05, 3.63) is 23.1 Å². The third kappa shape index (κ3) is 1.91. The lowest BCUT2D eigenvalue weighted by Crippen LogP contribution is -2.36. The Morgan fingerprint density at radius 1 is 1.71 bits per heavy atom. The number of rotatable bonds is 2. The predicted octanol–water partition coefficient (Wildman–Crippen LogP) is 1.02. The van der Waals surface area contributed by atoms with Crippen LogP contribution in [0, 0.1) is 0 Å². The Hall–Kier alpha value is -1.00. The Labute approximate surface area is 86.6 Å². The molecule has 2 rings (SSSR count). The van der Waals surface area contributed by atoms with Gasteiger partial charge in [0.15, 0.2) is 0 Å². The van der Waals surface area contributed by atoms with E-state index in [2.05, 4.69) is 10.6 Å². The second-order valence-corrected chi connectivity index (χ2v) is 3.61. The molecule has 0 radical (unpaired) electrons. The van der Waals surface area contributed by atoms with Crippen LogP contribution in [0.15, 0.2) is 16.7 Å². The summed E-state index contributed by atoms with van der Waals surface area (Å²) in [6.45, 7) is 1.77. The van der Waals surface area contributed by atoms with E-state index in [0.717, 1.165) is 19.5 Å². The lowest BCUT2D eigenvalue weighted by molar-refractivity contribution is 0.0939. The number of hydrogen-bond donors (Lipinski definition) is 2. The highest BCUT2D eigenvalue weighted by molar-refractivity contribution is 6.32. The maximum Gasteiger partial charge on any atom is 0.256 e. The van der Waals surface area contributed by atoms with Crippen molar-refractivity contribution < 1.29 is 9.21 Å². The van der Waals surface area contributed by atoms with E-state index in [9.17, 15) is 4.79 Å². The SMILES string of the molecule is O=C(N[C@H]1CCNC1)c1ccoc1Cl. The van der Waals surface area contributed by atoms with Gasteiger partial charge in [-0.2, -0.15) is 0 Å². The van der Waals surface area contributed by atoms with E-state index in [1.165, 1.54) is 6.26 Å². The maximum atomic E-state index is 11.6. The molecule has 5 heteroatoms. The maximum absolute atomic E-state index is 11.6. The number of amides is 1. The van der Waals surface area contributed by atoms with E-state index in [1.54, 1.807) is 6.07 Å². The van der Waals surface area contributed by atoms with E-state index in [-0.39, 0.29) is 17.2 Å². The predicted molar refractivity (Wildman–Crippen MR) is 52.5 cm³/mol. The van der Waals surface area contributed by atoms with Gasteiger partial charge in [0, 0.05) is 12.6 Å². The van der Waals surface area contributed by atoms with Gasteiger partial charge in [-0.25, -0.2) is 0 Å². The van der Waals surface area contributed by atoms with Crippen LogP contribution in [0.5, 0.6) is 0 Å². The van der Waals surface area contributed by atoms with Crippen LogP contribution in [-0.4, -0.2) is 25.0 Å². The van der Waals surface area contributed by atoms with Gasteiger partial charge in [0.25, 0.3) is 5.91 Å². The molecule has 0 saturated carbocycles. The Morgan fingerprint density at radius 3 is 3.14 bits per heavy atom. The second kappa shape index (κ2) is 4.02. The van der Waals surface area contributed by atoms with Gasteiger partial charge in [-0.05, 0) is 30.6 Å². The fourth-order valence-corrected chi connectivity index (χ4v) is 1.70. The van der Waals surface area contributed by atoms with Gasteiger partial charge in [-0.3, -0.25) is 4.79 Å². The summed E-state index contributed by atoms with van der Waals surface area (Å²) in [6.07, 6.45) is 2.37. The van der Waals surface area contributed by atoms with Crippen molar-refractivity contribution >= 4 is 17.5 Å². The van der Waals surface area contributed by atoms with Crippen LogP contribution in [0.1, 0.15) is 16.8 Å². The van der Waals surface area contributed by atoms with E-state index in [4.69, 9.17) is 16.0 Å². The van der Waals surface area contributed by atoms with Gasteiger partial charge in [0.2, 0.25) is 5.22 Å². The summed E-state index contributed by atoms with van der Waals surface area (Å²) in [5.74, 6) is -0.169. The number of halogens is 1. The summed E-state index contributed by atoms with van der Waals surface area (Å²) in [4.78, 5) is 11.6. The average molecular weight is 215 g/mol. The summed E-state index contributed by atoms with van der Waals surface area (Å²) in [5.41, 5.74) is 0.401. The van der Waals surface area contributed by atoms with Gasteiger partial charge >= 0.3 is 0 Å². The molecule has 76 valence electrons. The van der Waals surface area contributed by atoms with Crippen LogP contribution in [0.2, 0.25) is 5.22 Å². The molecular weight excluding hydrogens is 204 g/mol. The zero-order valence-corrected chi connectivity index (χ0v) is 8.30. The summed E-state index contributed by atoms with van der Waals surface area (Å²) in [5, 5.41) is 6.19. The third-order valence-electron chi connectivity index (χ3n) is 2.26. The largest absolute Gasteiger partial charge is 0.452 e. The van der Waals surface area contributed by atoms with E-state index in [1.807, 2.05) is 0 Å². The van der Waals surface area contributed by atoms with Crippen molar-refractivity contribution in [2.75, 3.05) is 13.1 Å². The molecule has 1 fully saturated rings. The van der Waals surface area contributed by atoms with Crippen molar-refractivity contribution in [3.63, 3.8) is 0 Å². The highest BCUT2D eigenvalue weighted by Crippen LogP contribution is 2.16. The molecule has 0 aromatic carbocycles. The number of nitrogens with one attached hydrogen (secondary N) is 2. The molecule has 1 atom stereocenters. The first-order valence-corrected chi connectivity index (χ1v) is 4.90. The van der Waals surface area contributed by atoms with Crippen LogP contribution >= 0.6 is 11.6 Å². The molecule has 0 unspecified atom stereocenters. The molecular formula is C9H11ClN2O2. The minimum absolute atomic E-state index is 0.147. The standard InChI is InChI=1S/C9H11ClN2O2/c10-8-7(2-4-14-8)9(13)12-6-1-3-11-5-6/h2,4,6,11H,1,3,5H2,(H,12,13)/t6-/m0/s1. The first-order valence-electron chi connectivity index (χ1n) is 4.52. The molecule has 1 amide bonds. The zero-order valence-electron chi connectivity index (χ0n) is 7.55. The smallest absolute Gasteiger partial charge is 0.256 e. The van der Waals surface area contributed by atoms with Crippen LogP contribution in [0.25, 0.3) is 0 Å². The number of carbonyl (C=O) groups excluding carboxylic acids is 1. The number of carbonyl (C=O) groups is 1. The van der Waals surface area contributed by atoms with Crippen LogP contribution in [0.3, 0.4) is 0 Å². The Balaban J connectivity index is 1.98. The molecule has 1 aromatic heterocycles. The van der Waals surface area contributed by atoms with Gasteiger partial charge in [-0.15, -0.1) is 0 Å². The number of hydrogen-bond acceptors (Lipinski definition) is 3. The van der Waals surface area contributed by atoms with E-state index < -0.39 is 0 Å². The summed E-state index contributed by atoms with van der Waals surface area (Å²) >= 11 is 5.68. The lowest BCUT2D eigenvalue weighted by Gasteiger charge is -2.09. The molecule has 1 saturated heterocycles. The summed E-state index contributed by atoms with van der Waals surface area (Å²) in [7, 11) is 0. The van der Waals surface area contributed by atoms with Crippen molar-refractivity contribution in [1.29, 1.82) is 0 Å². The fraction of sp³-hybridized carbons (Fsp3) is 0.444. The fourth-order valence-electron chi connectivity index (χ4n) is 1.50. The quantitative estimate of drug-likeness (QED) is 0.773. The molecule has 1 aliphatic rings. The van der Waals surface area contributed by atoms with E-state index in [0.29, 0.717) is 5.56 Å². The summed E-state index contributed by atoms with van der Waals surface area (Å²) < 4.78 is 4.84. The van der Waals surface area contributed by atoms with Crippen molar-refractivity contribution in [1.82, 2.24) is 10.6 Å².